The van der Waals surface area contributed by atoms with Gasteiger partial charge < -0.3 is 4.74 Å². The number of hydrogen-bond acceptors (Lipinski definition) is 4. The fraction of sp³-hybridized carbons (Fsp3) is 0.333. The van der Waals surface area contributed by atoms with Crippen molar-refractivity contribution >= 4 is 11.8 Å². The number of pyridine rings is 1. The number of hydrogen-bond donors (Lipinski definition) is 1. The lowest BCUT2D eigenvalue weighted by Gasteiger charge is -2.29. The van der Waals surface area contributed by atoms with E-state index in [1.54, 1.807) is 13.1 Å². The molecule has 0 radical (unpaired) electrons. The minimum absolute atomic E-state index is 0.360. The Bertz CT molecular complexity index is 673. The number of carbonyl (C=O) groups excluding carboxylic acids is 1. The zero-order valence-electron chi connectivity index (χ0n) is 13.3. The van der Waals surface area contributed by atoms with Gasteiger partial charge in [0.05, 0.1) is 18.5 Å². The van der Waals surface area contributed by atoms with Gasteiger partial charge in [0.1, 0.15) is 0 Å². The largest absolute Gasteiger partial charge is 0.450 e. The van der Waals surface area contributed by atoms with Gasteiger partial charge in [0.15, 0.2) is 0 Å². The van der Waals surface area contributed by atoms with E-state index in [1.165, 1.54) is 11.1 Å². The first-order valence-electron chi connectivity index (χ1n) is 7.92. The number of carbonyl (C=O) groups is 1. The Balaban J connectivity index is 1.70. The van der Waals surface area contributed by atoms with E-state index >= 15 is 0 Å². The number of nitrogens with one attached hydrogen (secondary N) is 1. The first-order valence-corrected chi connectivity index (χ1v) is 7.92. The topological polar surface area (TPSA) is 54.5 Å². The van der Waals surface area contributed by atoms with Gasteiger partial charge in [0.2, 0.25) is 0 Å². The van der Waals surface area contributed by atoms with Gasteiger partial charge in [0.25, 0.3) is 0 Å². The Labute approximate surface area is 136 Å². The molecular weight excluding hydrogens is 290 g/mol. The average molecular weight is 311 g/mol. The standard InChI is InChI=1S/C18H21N3O2/c1-2-23-18(22)20-17-11-19-10-15-13-21(9-8-16(15)17)12-14-6-4-3-5-7-14/h3-7,10-11H,2,8-9,12-13H2,1H3,(H,20,22). The van der Waals surface area contributed by atoms with Crippen molar-refractivity contribution in [1.82, 2.24) is 9.88 Å². The van der Waals surface area contributed by atoms with Crippen LogP contribution < -0.4 is 5.32 Å². The van der Waals surface area contributed by atoms with E-state index in [4.69, 9.17) is 4.74 Å². The highest BCUT2D eigenvalue weighted by Crippen LogP contribution is 2.26. The summed E-state index contributed by atoms with van der Waals surface area (Å²) in [6.07, 6.45) is 4.06. The van der Waals surface area contributed by atoms with Gasteiger partial charge in [-0.25, -0.2) is 4.79 Å². The maximum absolute atomic E-state index is 11.6. The molecule has 1 N–H and O–H groups in total. The van der Waals surface area contributed by atoms with Gasteiger partial charge in [-0.1, -0.05) is 30.3 Å². The van der Waals surface area contributed by atoms with Gasteiger partial charge in [-0.15, -0.1) is 0 Å². The molecule has 2 heterocycles. The highest BCUT2D eigenvalue weighted by atomic mass is 16.5. The minimum Gasteiger partial charge on any atom is -0.450 e. The predicted molar refractivity (Wildman–Crippen MR) is 89.1 cm³/mol. The van der Waals surface area contributed by atoms with Gasteiger partial charge in [-0.2, -0.15) is 0 Å². The van der Waals surface area contributed by atoms with Crippen LogP contribution in [0.2, 0.25) is 0 Å². The molecule has 5 nitrogen and oxygen atoms in total. The maximum atomic E-state index is 11.6. The number of amides is 1. The Morgan fingerprint density at radius 2 is 2.13 bits per heavy atom. The van der Waals surface area contributed by atoms with Crippen LogP contribution in [0.4, 0.5) is 10.5 Å². The highest BCUT2D eigenvalue weighted by Gasteiger charge is 2.20. The molecule has 120 valence electrons. The van der Waals surface area contributed by atoms with E-state index in [1.807, 2.05) is 12.3 Å². The fourth-order valence-electron chi connectivity index (χ4n) is 2.91. The van der Waals surface area contributed by atoms with Gasteiger partial charge >= 0.3 is 6.09 Å². The molecule has 1 aromatic carbocycles. The third-order valence-corrected chi connectivity index (χ3v) is 3.98. The van der Waals surface area contributed by atoms with E-state index in [2.05, 4.69) is 39.5 Å². The van der Waals surface area contributed by atoms with Crippen LogP contribution >= 0.6 is 0 Å². The number of benzene rings is 1. The van der Waals surface area contributed by atoms with Gasteiger partial charge in [-0.05, 0) is 30.0 Å². The molecule has 0 fully saturated rings. The third-order valence-electron chi connectivity index (χ3n) is 3.98. The zero-order valence-corrected chi connectivity index (χ0v) is 13.3. The summed E-state index contributed by atoms with van der Waals surface area (Å²) in [4.78, 5) is 18.3. The molecular formula is C18H21N3O2. The van der Waals surface area contributed by atoms with Crippen LogP contribution in [0.15, 0.2) is 42.7 Å². The van der Waals surface area contributed by atoms with Crippen molar-refractivity contribution in [3.8, 4) is 0 Å². The second kappa shape index (κ2) is 7.24. The van der Waals surface area contributed by atoms with Crippen molar-refractivity contribution < 1.29 is 9.53 Å². The quantitative estimate of drug-likeness (QED) is 0.942. The summed E-state index contributed by atoms with van der Waals surface area (Å²) in [5, 5.41) is 2.79. The van der Waals surface area contributed by atoms with Crippen LogP contribution in [-0.2, 0) is 24.2 Å². The van der Waals surface area contributed by atoms with Crippen molar-refractivity contribution in [3.63, 3.8) is 0 Å². The zero-order chi connectivity index (χ0) is 16.1. The number of fused-ring (bicyclic) bond motifs is 1. The van der Waals surface area contributed by atoms with E-state index < -0.39 is 6.09 Å². The summed E-state index contributed by atoms with van der Waals surface area (Å²) >= 11 is 0. The smallest absolute Gasteiger partial charge is 0.411 e. The summed E-state index contributed by atoms with van der Waals surface area (Å²) in [5.41, 5.74) is 4.41. The summed E-state index contributed by atoms with van der Waals surface area (Å²) < 4.78 is 4.95. The molecule has 1 aromatic heterocycles. The lowest BCUT2D eigenvalue weighted by Crippen LogP contribution is -2.31. The molecule has 2 aromatic rings. The van der Waals surface area contributed by atoms with E-state index in [-0.39, 0.29) is 0 Å². The Morgan fingerprint density at radius 3 is 2.91 bits per heavy atom. The molecule has 1 aliphatic heterocycles. The van der Waals surface area contributed by atoms with Crippen molar-refractivity contribution in [2.24, 2.45) is 0 Å². The third kappa shape index (κ3) is 3.87. The van der Waals surface area contributed by atoms with Crippen LogP contribution in [0.1, 0.15) is 23.6 Å². The van der Waals surface area contributed by atoms with Crippen LogP contribution in [-0.4, -0.2) is 29.1 Å². The molecule has 0 spiro atoms. The molecule has 3 rings (SSSR count). The van der Waals surface area contributed by atoms with Gasteiger partial charge in [0, 0.05) is 25.8 Å². The van der Waals surface area contributed by atoms with E-state index in [0.29, 0.717) is 6.61 Å². The summed E-state index contributed by atoms with van der Waals surface area (Å²) in [5.74, 6) is 0. The summed E-state index contributed by atoms with van der Waals surface area (Å²) in [6.45, 7) is 4.88. The number of aromatic nitrogens is 1. The monoisotopic (exact) mass is 311 g/mol. The molecule has 0 saturated heterocycles. The predicted octanol–water partition coefficient (Wildman–Crippen LogP) is 3.21. The molecule has 0 saturated carbocycles. The molecule has 5 heteroatoms. The Morgan fingerprint density at radius 1 is 1.30 bits per heavy atom. The summed E-state index contributed by atoms with van der Waals surface area (Å²) in [7, 11) is 0. The molecule has 0 unspecified atom stereocenters. The van der Waals surface area contributed by atoms with Crippen LogP contribution in [0, 0.1) is 0 Å². The Kier molecular flexibility index (Phi) is 4.88. The van der Waals surface area contributed by atoms with Crippen molar-refractivity contribution in [3.05, 3.63) is 59.4 Å². The summed E-state index contributed by atoms with van der Waals surface area (Å²) in [6, 6.07) is 10.5. The van der Waals surface area contributed by atoms with Gasteiger partial charge in [-0.3, -0.25) is 15.2 Å². The molecule has 1 amide bonds. The lowest BCUT2D eigenvalue weighted by atomic mass is 10.00. The number of anilines is 1. The second-order valence-electron chi connectivity index (χ2n) is 5.62. The lowest BCUT2D eigenvalue weighted by molar-refractivity contribution is 0.168. The minimum atomic E-state index is -0.422. The molecule has 0 aliphatic carbocycles. The first-order chi connectivity index (χ1) is 11.3. The maximum Gasteiger partial charge on any atom is 0.411 e. The SMILES string of the molecule is CCOC(=O)Nc1cncc2c1CCN(Cc1ccccc1)C2. The highest BCUT2D eigenvalue weighted by molar-refractivity contribution is 5.85. The normalized spacial score (nSPS) is 14.1. The molecule has 0 bridgehead atoms. The second-order valence-corrected chi connectivity index (χ2v) is 5.62. The van der Waals surface area contributed by atoms with E-state index in [0.717, 1.165) is 37.3 Å². The number of rotatable bonds is 4. The van der Waals surface area contributed by atoms with Crippen LogP contribution in [0.3, 0.4) is 0 Å². The Hall–Kier alpha value is -2.40. The van der Waals surface area contributed by atoms with Crippen LogP contribution in [0.25, 0.3) is 0 Å². The van der Waals surface area contributed by atoms with E-state index in [9.17, 15) is 4.79 Å². The van der Waals surface area contributed by atoms with Crippen molar-refractivity contribution in [1.29, 1.82) is 0 Å². The average Bonchev–Trinajstić information content (AvgIpc) is 2.56. The number of nitrogens with zero attached hydrogens (tertiary/aromatic N) is 2. The molecule has 1 aliphatic rings. The van der Waals surface area contributed by atoms with Crippen molar-refractivity contribution in [2.75, 3.05) is 18.5 Å². The first kappa shape index (κ1) is 15.5. The molecule has 23 heavy (non-hydrogen) atoms. The number of ether oxygens (including phenoxy) is 1. The molecule has 0 atom stereocenters. The fourth-order valence-corrected chi connectivity index (χ4v) is 2.91. The van der Waals surface area contributed by atoms with Crippen molar-refractivity contribution in [2.45, 2.75) is 26.4 Å². The van der Waals surface area contributed by atoms with Crippen LogP contribution in [0.5, 0.6) is 0 Å².